The molecule has 0 radical (unpaired) electrons. The third kappa shape index (κ3) is 3.03. The van der Waals surface area contributed by atoms with Crippen LogP contribution in [0.5, 0.6) is 5.75 Å². The number of benzene rings is 1. The fraction of sp³-hybridized carbons (Fsp3) is 0.222. The molecule has 0 fully saturated rings. The second kappa shape index (κ2) is 6.20. The largest absolute Gasteiger partial charge is 0.487 e. The van der Waals surface area contributed by atoms with Crippen LogP contribution in [0.1, 0.15) is 23.2 Å². The highest BCUT2D eigenvalue weighted by molar-refractivity contribution is 7.13. The number of hydrogen-bond acceptors (Lipinski definition) is 5. The lowest BCUT2D eigenvalue weighted by molar-refractivity contribution is 0.0957. The van der Waals surface area contributed by atoms with E-state index in [2.05, 4.69) is 4.98 Å². The maximum Gasteiger partial charge on any atom is 0.278 e. The van der Waals surface area contributed by atoms with Gasteiger partial charge >= 0.3 is 0 Å². The molecule has 1 aromatic carbocycles. The molecule has 25 heavy (non-hydrogen) atoms. The van der Waals surface area contributed by atoms with Crippen molar-refractivity contribution in [3.8, 4) is 16.5 Å². The van der Waals surface area contributed by atoms with Crippen LogP contribution in [0.3, 0.4) is 0 Å². The maximum absolute atomic E-state index is 13.0. The number of aromatic nitrogens is 1. The number of aryl methyl sites for hydroxylation is 1. The van der Waals surface area contributed by atoms with Crippen LogP contribution in [-0.4, -0.2) is 23.5 Å². The number of amides is 1. The molecule has 5 nitrogen and oxygen atoms in total. The van der Waals surface area contributed by atoms with E-state index in [9.17, 15) is 4.79 Å². The van der Waals surface area contributed by atoms with Crippen molar-refractivity contribution < 1.29 is 13.9 Å². The fourth-order valence-corrected chi connectivity index (χ4v) is 3.70. The molecule has 1 atom stereocenters. The Labute approximate surface area is 153 Å². The average molecular weight is 375 g/mol. The van der Waals surface area contributed by atoms with E-state index in [0.29, 0.717) is 39.5 Å². The number of nitrogens with zero attached hydrogens (tertiary/aromatic N) is 2. The number of rotatable bonds is 2. The molecule has 2 aromatic heterocycles. The molecule has 128 valence electrons. The minimum absolute atomic E-state index is 0.108. The lowest BCUT2D eigenvalue weighted by Gasteiger charge is -2.33. The normalized spacial score (nSPS) is 16.4. The van der Waals surface area contributed by atoms with Crippen molar-refractivity contribution in [3.63, 3.8) is 0 Å². The van der Waals surface area contributed by atoms with Crippen LogP contribution in [0.4, 0.5) is 5.69 Å². The van der Waals surface area contributed by atoms with Crippen molar-refractivity contribution >= 4 is 34.5 Å². The second-order valence-electron chi connectivity index (χ2n) is 5.90. The predicted octanol–water partition coefficient (Wildman–Crippen LogP) is 4.79. The smallest absolute Gasteiger partial charge is 0.278 e. The summed E-state index contributed by atoms with van der Waals surface area (Å²) >= 11 is 7.48. The second-order valence-corrected chi connectivity index (χ2v) is 7.20. The van der Waals surface area contributed by atoms with E-state index >= 15 is 0 Å². The molecule has 0 aliphatic carbocycles. The van der Waals surface area contributed by atoms with Crippen LogP contribution < -0.4 is 9.64 Å². The van der Waals surface area contributed by atoms with Crippen LogP contribution in [0.15, 0.2) is 40.1 Å². The number of ether oxygens (including phenoxy) is 1. The van der Waals surface area contributed by atoms with E-state index in [1.54, 1.807) is 28.5 Å². The zero-order valence-electron chi connectivity index (χ0n) is 13.7. The highest BCUT2D eigenvalue weighted by Gasteiger charge is 2.30. The number of anilines is 1. The van der Waals surface area contributed by atoms with Gasteiger partial charge in [-0.15, -0.1) is 11.3 Å². The number of fused-ring (bicyclic) bond motifs is 1. The summed E-state index contributed by atoms with van der Waals surface area (Å²) in [5, 5.41) is 2.99. The van der Waals surface area contributed by atoms with Crippen LogP contribution >= 0.6 is 22.9 Å². The molecule has 0 unspecified atom stereocenters. The summed E-state index contributed by atoms with van der Waals surface area (Å²) < 4.78 is 11.4. The Morgan fingerprint density at radius 2 is 2.20 bits per heavy atom. The number of hydrogen-bond donors (Lipinski definition) is 0. The highest BCUT2D eigenvalue weighted by Crippen LogP contribution is 2.37. The average Bonchev–Trinajstić information content (AvgIpc) is 3.22. The Balaban J connectivity index is 1.68. The van der Waals surface area contributed by atoms with Gasteiger partial charge in [-0.05, 0) is 44.2 Å². The van der Waals surface area contributed by atoms with Gasteiger partial charge in [0.05, 0.1) is 12.2 Å². The molecule has 0 saturated heterocycles. The first-order valence-corrected chi connectivity index (χ1v) is 9.07. The van der Waals surface area contributed by atoms with Gasteiger partial charge in [0.25, 0.3) is 5.91 Å². The molecule has 0 saturated carbocycles. The molecule has 1 amide bonds. The zero-order valence-corrected chi connectivity index (χ0v) is 15.2. The van der Waals surface area contributed by atoms with Crippen molar-refractivity contribution in [1.82, 2.24) is 4.98 Å². The molecule has 4 rings (SSSR count). The Kier molecular flexibility index (Phi) is 4.01. The third-order valence-electron chi connectivity index (χ3n) is 3.90. The van der Waals surface area contributed by atoms with Gasteiger partial charge in [-0.25, -0.2) is 4.98 Å². The maximum atomic E-state index is 13.0. The van der Waals surface area contributed by atoms with Gasteiger partial charge in [-0.2, -0.15) is 0 Å². The van der Waals surface area contributed by atoms with Crippen molar-refractivity contribution in [3.05, 3.63) is 52.2 Å². The minimum atomic E-state index is -0.176. The summed E-state index contributed by atoms with van der Waals surface area (Å²) in [7, 11) is 0. The molecule has 3 aromatic rings. The van der Waals surface area contributed by atoms with Crippen molar-refractivity contribution in [2.75, 3.05) is 11.4 Å². The van der Waals surface area contributed by atoms with Gasteiger partial charge < -0.3 is 9.15 Å². The Hall–Kier alpha value is -2.31. The molecular weight excluding hydrogens is 360 g/mol. The van der Waals surface area contributed by atoms with E-state index in [0.717, 1.165) is 5.76 Å². The standard InChI is InChI=1S/C18H15ClN2O3S/c1-10-3-5-16(23-10)17-20-13(9-25-17)18(22)21-8-11(2)24-15-6-4-12(19)7-14(15)21/h3-7,9,11H,8H2,1-2H3/t11-/m1/s1. The SMILES string of the molecule is Cc1ccc(-c2nc(C(=O)N3C[C@@H](C)Oc4ccc(Cl)cc43)cs2)o1. The third-order valence-corrected chi connectivity index (χ3v) is 4.99. The first-order valence-electron chi connectivity index (χ1n) is 7.81. The Morgan fingerprint density at radius 1 is 1.36 bits per heavy atom. The Morgan fingerprint density at radius 3 is 2.96 bits per heavy atom. The van der Waals surface area contributed by atoms with Crippen LogP contribution in [-0.2, 0) is 0 Å². The molecule has 0 spiro atoms. The van der Waals surface area contributed by atoms with Crippen molar-refractivity contribution in [1.29, 1.82) is 0 Å². The van der Waals surface area contributed by atoms with Gasteiger partial charge in [-0.1, -0.05) is 11.6 Å². The molecule has 0 N–H and O–H groups in total. The summed E-state index contributed by atoms with van der Waals surface area (Å²) in [4.78, 5) is 19.1. The van der Waals surface area contributed by atoms with Crippen LogP contribution in [0.2, 0.25) is 5.02 Å². The monoisotopic (exact) mass is 374 g/mol. The first-order chi connectivity index (χ1) is 12.0. The zero-order chi connectivity index (χ0) is 17.6. The van der Waals surface area contributed by atoms with Crippen molar-refractivity contribution in [2.24, 2.45) is 0 Å². The Bertz CT molecular complexity index is 949. The predicted molar refractivity (Wildman–Crippen MR) is 97.8 cm³/mol. The number of halogens is 1. The molecule has 1 aliphatic heterocycles. The molecule has 3 heterocycles. The molecule has 1 aliphatic rings. The van der Waals surface area contributed by atoms with Gasteiger partial charge in [0, 0.05) is 10.4 Å². The number of thiazole rings is 1. The molecule has 7 heteroatoms. The first kappa shape index (κ1) is 16.2. The fourth-order valence-electron chi connectivity index (χ4n) is 2.78. The topological polar surface area (TPSA) is 55.6 Å². The van der Waals surface area contributed by atoms with E-state index in [4.69, 9.17) is 20.8 Å². The quantitative estimate of drug-likeness (QED) is 0.647. The lowest BCUT2D eigenvalue weighted by atomic mass is 10.2. The van der Waals surface area contributed by atoms with Crippen LogP contribution in [0, 0.1) is 6.92 Å². The van der Waals surface area contributed by atoms with Gasteiger partial charge in [-0.3, -0.25) is 9.69 Å². The van der Waals surface area contributed by atoms with Gasteiger partial charge in [0.15, 0.2) is 10.8 Å². The summed E-state index contributed by atoms with van der Waals surface area (Å²) in [6, 6.07) is 9.01. The summed E-state index contributed by atoms with van der Waals surface area (Å²) in [5.74, 6) is 1.95. The van der Waals surface area contributed by atoms with E-state index in [1.807, 2.05) is 26.0 Å². The summed E-state index contributed by atoms with van der Waals surface area (Å²) in [6.07, 6.45) is -0.108. The lowest BCUT2D eigenvalue weighted by Crippen LogP contribution is -2.42. The van der Waals surface area contributed by atoms with E-state index in [-0.39, 0.29) is 12.0 Å². The molecule has 0 bridgehead atoms. The molecular formula is C18H15ClN2O3S. The van der Waals surface area contributed by atoms with E-state index in [1.165, 1.54) is 11.3 Å². The summed E-state index contributed by atoms with van der Waals surface area (Å²) in [5.41, 5.74) is 1.05. The number of carbonyl (C=O) groups is 1. The van der Waals surface area contributed by atoms with Gasteiger partial charge in [0.2, 0.25) is 0 Å². The van der Waals surface area contributed by atoms with E-state index < -0.39 is 0 Å². The summed E-state index contributed by atoms with van der Waals surface area (Å²) in [6.45, 7) is 4.24. The number of carbonyl (C=O) groups excluding carboxylic acids is 1. The highest BCUT2D eigenvalue weighted by atomic mass is 35.5. The van der Waals surface area contributed by atoms with Gasteiger partial charge in [0.1, 0.15) is 23.3 Å². The number of furan rings is 1. The minimum Gasteiger partial charge on any atom is -0.487 e. The van der Waals surface area contributed by atoms with Crippen molar-refractivity contribution in [2.45, 2.75) is 20.0 Å². The van der Waals surface area contributed by atoms with Crippen LogP contribution in [0.25, 0.3) is 10.8 Å².